The Hall–Kier alpha value is -2.88. The molecular formula is C26H32F3N3O4. The SMILES string of the molecule is CCc1nn(CC(C)(C)COC(=O)c2cccc(C(F)(F)F)c2)c2c1C(=O)NCC1(CCOCC1)C2. The maximum atomic E-state index is 13.0. The highest BCUT2D eigenvalue weighted by molar-refractivity contribution is 5.97. The van der Waals surface area contributed by atoms with Crippen LogP contribution in [-0.4, -0.2) is 48.0 Å². The van der Waals surface area contributed by atoms with Crippen LogP contribution in [0.2, 0.25) is 0 Å². The number of hydrogen-bond acceptors (Lipinski definition) is 5. The first kappa shape index (κ1) is 26.2. The van der Waals surface area contributed by atoms with Crippen molar-refractivity contribution in [1.29, 1.82) is 0 Å². The van der Waals surface area contributed by atoms with Crippen molar-refractivity contribution in [1.82, 2.24) is 15.1 Å². The van der Waals surface area contributed by atoms with Gasteiger partial charge < -0.3 is 14.8 Å². The number of esters is 1. The molecule has 0 radical (unpaired) electrons. The quantitative estimate of drug-likeness (QED) is 0.585. The summed E-state index contributed by atoms with van der Waals surface area (Å²) >= 11 is 0. The number of benzene rings is 1. The molecule has 0 atom stereocenters. The third-order valence-corrected chi connectivity index (χ3v) is 7.01. The molecule has 0 bridgehead atoms. The van der Waals surface area contributed by atoms with Crippen LogP contribution in [0.3, 0.4) is 0 Å². The molecule has 36 heavy (non-hydrogen) atoms. The summed E-state index contributed by atoms with van der Waals surface area (Å²) in [5.74, 6) is -0.937. The van der Waals surface area contributed by atoms with Crippen molar-refractivity contribution >= 4 is 11.9 Å². The zero-order chi connectivity index (χ0) is 26.1. The zero-order valence-electron chi connectivity index (χ0n) is 20.8. The number of carbonyl (C=O) groups excluding carboxylic acids is 2. The summed E-state index contributed by atoms with van der Waals surface area (Å²) in [6.45, 7) is 7.99. The molecule has 1 aromatic heterocycles. The van der Waals surface area contributed by atoms with Crippen LogP contribution in [0.25, 0.3) is 0 Å². The molecule has 2 aliphatic rings. The first-order valence-electron chi connectivity index (χ1n) is 12.2. The minimum Gasteiger partial charge on any atom is -0.461 e. The fourth-order valence-electron chi connectivity index (χ4n) is 4.92. The molecule has 4 rings (SSSR count). The number of hydrogen-bond donors (Lipinski definition) is 1. The summed E-state index contributed by atoms with van der Waals surface area (Å²) in [5, 5.41) is 7.84. The number of aromatic nitrogens is 2. The van der Waals surface area contributed by atoms with Crippen molar-refractivity contribution in [3.05, 3.63) is 52.3 Å². The third-order valence-electron chi connectivity index (χ3n) is 7.01. The molecule has 1 N–H and O–H groups in total. The highest BCUT2D eigenvalue weighted by Gasteiger charge is 2.40. The fourth-order valence-corrected chi connectivity index (χ4v) is 4.92. The van der Waals surface area contributed by atoms with Gasteiger partial charge in [-0.1, -0.05) is 26.8 Å². The Morgan fingerprint density at radius 3 is 2.64 bits per heavy atom. The number of halogens is 3. The van der Waals surface area contributed by atoms with Crippen molar-refractivity contribution in [2.75, 3.05) is 26.4 Å². The second-order valence-electron chi connectivity index (χ2n) is 10.6. The molecule has 1 saturated heterocycles. The minimum absolute atomic E-state index is 0.0245. The van der Waals surface area contributed by atoms with E-state index >= 15 is 0 Å². The molecule has 196 valence electrons. The lowest BCUT2D eigenvalue weighted by molar-refractivity contribution is -0.137. The lowest BCUT2D eigenvalue weighted by Gasteiger charge is -2.36. The third kappa shape index (κ3) is 5.58. The molecule has 0 unspecified atom stereocenters. The van der Waals surface area contributed by atoms with Gasteiger partial charge in [0.1, 0.15) is 0 Å². The molecule has 1 aromatic carbocycles. The van der Waals surface area contributed by atoms with Gasteiger partial charge in [0.25, 0.3) is 5.91 Å². The summed E-state index contributed by atoms with van der Waals surface area (Å²) in [4.78, 5) is 25.5. The molecule has 0 saturated carbocycles. The van der Waals surface area contributed by atoms with E-state index in [4.69, 9.17) is 14.6 Å². The second kappa shape index (κ2) is 9.88. The van der Waals surface area contributed by atoms with Crippen LogP contribution in [0.4, 0.5) is 13.2 Å². The predicted molar refractivity (Wildman–Crippen MR) is 126 cm³/mol. The first-order chi connectivity index (χ1) is 16.9. The summed E-state index contributed by atoms with van der Waals surface area (Å²) in [6.07, 6.45) is -1.56. The van der Waals surface area contributed by atoms with Gasteiger partial charge in [-0.15, -0.1) is 0 Å². The molecule has 2 aromatic rings. The average molecular weight is 508 g/mol. The normalized spacial score (nSPS) is 17.9. The largest absolute Gasteiger partial charge is 0.461 e. The standard InChI is InChI=1S/C26H32F3N3O4/c1-4-19-21-20(13-25(14-30-22(21)33)8-10-35-11-9-25)32(31-19)15-24(2,3)16-36-23(34)17-6-5-7-18(12-17)26(27,28)29/h5-7,12H,4,8-11,13-16H2,1-3H3,(H,30,33). The van der Waals surface area contributed by atoms with E-state index in [-0.39, 0.29) is 23.5 Å². The minimum atomic E-state index is -4.54. The lowest BCUT2D eigenvalue weighted by atomic mass is 9.76. The number of nitrogens with one attached hydrogen (secondary N) is 1. The summed E-state index contributed by atoms with van der Waals surface area (Å²) in [7, 11) is 0. The Morgan fingerprint density at radius 2 is 1.97 bits per heavy atom. The Labute approximate surface area is 208 Å². The Morgan fingerprint density at radius 1 is 1.25 bits per heavy atom. The molecule has 2 aliphatic heterocycles. The fraction of sp³-hybridized carbons (Fsp3) is 0.577. The van der Waals surface area contributed by atoms with Gasteiger partial charge in [0.2, 0.25) is 0 Å². The van der Waals surface area contributed by atoms with Crippen LogP contribution in [0.5, 0.6) is 0 Å². The summed E-state index contributed by atoms with van der Waals surface area (Å²) in [5.41, 5.74) is 0.486. The van der Waals surface area contributed by atoms with Gasteiger partial charge in [-0.2, -0.15) is 18.3 Å². The van der Waals surface area contributed by atoms with Crippen LogP contribution in [0.1, 0.15) is 71.3 Å². The van der Waals surface area contributed by atoms with E-state index in [0.717, 1.165) is 36.4 Å². The van der Waals surface area contributed by atoms with Crippen LogP contribution in [0, 0.1) is 10.8 Å². The van der Waals surface area contributed by atoms with E-state index in [0.29, 0.717) is 44.7 Å². The van der Waals surface area contributed by atoms with Gasteiger partial charge in [-0.05, 0) is 49.3 Å². The first-order valence-corrected chi connectivity index (χ1v) is 12.2. The summed E-state index contributed by atoms with van der Waals surface area (Å²) < 4.78 is 51.9. The van der Waals surface area contributed by atoms with E-state index in [1.165, 1.54) is 12.1 Å². The van der Waals surface area contributed by atoms with Crippen molar-refractivity contribution in [2.24, 2.45) is 10.8 Å². The van der Waals surface area contributed by atoms with Gasteiger partial charge in [-0.25, -0.2) is 4.79 Å². The number of alkyl halides is 3. The molecular weight excluding hydrogens is 475 g/mol. The topological polar surface area (TPSA) is 82.5 Å². The predicted octanol–water partition coefficient (Wildman–Crippen LogP) is 4.43. The number of rotatable bonds is 6. The Balaban J connectivity index is 1.52. The number of fused-ring (bicyclic) bond motifs is 1. The average Bonchev–Trinajstić information content (AvgIpc) is 3.09. The van der Waals surface area contributed by atoms with Gasteiger partial charge >= 0.3 is 12.1 Å². The van der Waals surface area contributed by atoms with Crippen LogP contribution >= 0.6 is 0 Å². The van der Waals surface area contributed by atoms with Crippen LogP contribution in [-0.2, 0) is 35.0 Å². The van der Waals surface area contributed by atoms with Crippen LogP contribution < -0.4 is 5.32 Å². The molecule has 10 heteroatoms. The van der Waals surface area contributed by atoms with E-state index in [9.17, 15) is 22.8 Å². The van der Waals surface area contributed by atoms with E-state index in [2.05, 4.69) is 5.32 Å². The van der Waals surface area contributed by atoms with Gasteiger partial charge in [0.05, 0.1) is 34.7 Å². The highest BCUT2D eigenvalue weighted by Crippen LogP contribution is 2.38. The van der Waals surface area contributed by atoms with E-state index in [1.807, 2.05) is 25.5 Å². The number of aryl methyl sites for hydroxylation is 1. The van der Waals surface area contributed by atoms with Crippen molar-refractivity contribution in [3.8, 4) is 0 Å². The van der Waals surface area contributed by atoms with Gasteiger partial charge in [-0.3, -0.25) is 9.48 Å². The van der Waals surface area contributed by atoms with E-state index < -0.39 is 23.1 Å². The molecule has 3 heterocycles. The highest BCUT2D eigenvalue weighted by atomic mass is 19.4. The Bertz CT molecular complexity index is 1130. The summed E-state index contributed by atoms with van der Waals surface area (Å²) in [6, 6.07) is 4.20. The van der Waals surface area contributed by atoms with Crippen molar-refractivity contribution in [2.45, 2.75) is 59.2 Å². The van der Waals surface area contributed by atoms with Crippen molar-refractivity contribution in [3.63, 3.8) is 0 Å². The maximum Gasteiger partial charge on any atom is 0.416 e. The lowest BCUT2D eigenvalue weighted by Crippen LogP contribution is -2.41. The molecule has 1 fully saturated rings. The maximum absolute atomic E-state index is 13.0. The van der Waals surface area contributed by atoms with Crippen molar-refractivity contribution < 1.29 is 32.2 Å². The molecule has 0 aliphatic carbocycles. The zero-order valence-corrected chi connectivity index (χ0v) is 20.8. The number of ether oxygens (including phenoxy) is 2. The van der Waals surface area contributed by atoms with Gasteiger partial charge in [0.15, 0.2) is 0 Å². The number of carbonyl (C=O) groups is 2. The van der Waals surface area contributed by atoms with Crippen LogP contribution in [0.15, 0.2) is 24.3 Å². The smallest absolute Gasteiger partial charge is 0.416 e. The number of amides is 1. The second-order valence-corrected chi connectivity index (χ2v) is 10.6. The van der Waals surface area contributed by atoms with Gasteiger partial charge in [0, 0.05) is 31.7 Å². The molecule has 1 spiro atoms. The number of nitrogens with zero attached hydrogens (tertiary/aromatic N) is 2. The van der Waals surface area contributed by atoms with E-state index in [1.54, 1.807) is 0 Å². The molecule has 7 nitrogen and oxygen atoms in total. The monoisotopic (exact) mass is 507 g/mol. The molecule has 1 amide bonds. The Kier molecular flexibility index (Phi) is 7.19.